The van der Waals surface area contributed by atoms with E-state index in [9.17, 15) is 9.90 Å². The topological polar surface area (TPSA) is 55.1 Å². The van der Waals surface area contributed by atoms with Crippen LogP contribution in [0.3, 0.4) is 0 Å². The standard InChI is InChI=1S/C14H14N2O2/c17-13(10-3-6-15-7-4-10)11-5-9-16-8-1-2-12(16)14(11)18/h1-4,6-8,11,13,17H,5,9H2. The van der Waals surface area contributed by atoms with Crippen LogP contribution in [0.25, 0.3) is 0 Å². The fourth-order valence-corrected chi connectivity index (χ4v) is 2.53. The lowest BCUT2D eigenvalue weighted by molar-refractivity contribution is 0.0599. The number of rotatable bonds is 2. The summed E-state index contributed by atoms with van der Waals surface area (Å²) in [5, 5.41) is 10.3. The van der Waals surface area contributed by atoms with Crippen LogP contribution in [-0.4, -0.2) is 20.4 Å². The molecule has 2 aromatic heterocycles. The predicted molar refractivity (Wildman–Crippen MR) is 66.1 cm³/mol. The van der Waals surface area contributed by atoms with E-state index in [1.807, 2.05) is 22.9 Å². The summed E-state index contributed by atoms with van der Waals surface area (Å²) >= 11 is 0. The van der Waals surface area contributed by atoms with Crippen LogP contribution in [0.15, 0.2) is 42.9 Å². The number of hydrogen-bond acceptors (Lipinski definition) is 3. The van der Waals surface area contributed by atoms with E-state index in [1.165, 1.54) is 0 Å². The number of fused-ring (bicyclic) bond motifs is 1. The molecule has 3 heterocycles. The predicted octanol–water partition coefficient (Wildman–Crippen LogP) is 1.82. The summed E-state index contributed by atoms with van der Waals surface area (Å²) in [6.45, 7) is 0.779. The minimum atomic E-state index is -0.746. The molecule has 0 bridgehead atoms. The third-order valence-corrected chi connectivity index (χ3v) is 3.53. The average molecular weight is 242 g/mol. The van der Waals surface area contributed by atoms with E-state index < -0.39 is 6.10 Å². The van der Waals surface area contributed by atoms with Crippen molar-refractivity contribution in [3.63, 3.8) is 0 Å². The number of aromatic nitrogens is 2. The van der Waals surface area contributed by atoms with Crippen molar-refractivity contribution in [1.82, 2.24) is 9.55 Å². The van der Waals surface area contributed by atoms with Gasteiger partial charge in [-0.25, -0.2) is 0 Å². The van der Waals surface area contributed by atoms with Gasteiger partial charge in [0, 0.05) is 25.1 Å². The molecular weight excluding hydrogens is 228 g/mol. The maximum absolute atomic E-state index is 12.3. The van der Waals surface area contributed by atoms with Gasteiger partial charge in [-0.1, -0.05) is 0 Å². The zero-order valence-corrected chi connectivity index (χ0v) is 9.86. The summed E-state index contributed by atoms with van der Waals surface area (Å²) in [5.41, 5.74) is 1.45. The Balaban J connectivity index is 1.89. The Labute approximate surface area is 105 Å². The molecule has 92 valence electrons. The Bertz CT molecular complexity index is 562. The monoisotopic (exact) mass is 242 g/mol. The lowest BCUT2D eigenvalue weighted by atomic mass is 9.86. The molecule has 3 rings (SSSR count). The second kappa shape index (κ2) is 4.38. The first-order chi connectivity index (χ1) is 8.77. The van der Waals surface area contributed by atoms with Gasteiger partial charge in [-0.15, -0.1) is 0 Å². The Morgan fingerprint density at radius 2 is 2.11 bits per heavy atom. The van der Waals surface area contributed by atoms with E-state index in [1.54, 1.807) is 24.5 Å². The number of aliphatic hydroxyl groups excluding tert-OH is 1. The fourth-order valence-electron chi connectivity index (χ4n) is 2.53. The van der Waals surface area contributed by atoms with Gasteiger partial charge >= 0.3 is 0 Å². The highest BCUT2D eigenvalue weighted by Gasteiger charge is 2.33. The third-order valence-electron chi connectivity index (χ3n) is 3.53. The highest BCUT2D eigenvalue weighted by Crippen LogP contribution is 2.31. The van der Waals surface area contributed by atoms with Crippen molar-refractivity contribution in [1.29, 1.82) is 0 Å². The number of hydrogen-bond donors (Lipinski definition) is 1. The molecule has 0 fully saturated rings. The van der Waals surface area contributed by atoms with Crippen molar-refractivity contribution >= 4 is 5.78 Å². The van der Waals surface area contributed by atoms with Gasteiger partial charge in [0.2, 0.25) is 0 Å². The van der Waals surface area contributed by atoms with Crippen LogP contribution >= 0.6 is 0 Å². The first-order valence-corrected chi connectivity index (χ1v) is 6.05. The normalized spacial score (nSPS) is 20.5. The van der Waals surface area contributed by atoms with E-state index >= 15 is 0 Å². The molecule has 1 aliphatic heterocycles. The molecule has 1 aliphatic rings. The second-order valence-electron chi connectivity index (χ2n) is 4.57. The number of aryl methyl sites for hydroxylation is 1. The molecule has 0 radical (unpaired) electrons. The van der Waals surface area contributed by atoms with Gasteiger partial charge < -0.3 is 9.67 Å². The molecule has 0 saturated heterocycles. The molecule has 0 amide bonds. The number of aliphatic hydroxyl groups is 1. The van der Waals surface area contributed by atoms with Crippen molar-refractivity contribution in [3.05, 3.63) is 54.1 Å². The lowest BCUT2D eigenvalue weighted by Crippen LogP contribution is -2.30. The van der Waals surface area contributed by atoms with Gasteiger partial charge in [0.05, 0.1) is 17.7 Å². The maximum atomic E-state index is 12.3. The van der Waals surface area contributed by atoms with Crippen LogP contribution in [0.5, 0.6) is 0 Å². The number of nitrogens with zero attached hydrogens (tertiary/aromatic N) is 2. The molecule has 2 unspecified atom stereocenters. The van der Waals surface area contributed by atoms with Gasteiger partial charge in [-0.05, 0) is 36.2 Å². The highest BCUT2D eigenvalue weighted by atomic mass is 16.3. The van der Waals surface area contributed by atoms with Gasteiger partial charge in [0.25, 0.3) is 0 Å². The number of ketones is 1. The fraction of sp³-hybridized carbons (Fsp3) is 0.286. The SMILES string of the molecule is O=C1c2cccn2CCC1C(O)c1ccncc1. The van der Waals surface area contributed by atoms with Crippen molar-refractivity contribution < 1.29 is 9.90 Å². The molecular formula is C14H14N2O2. The van der Waals surface area contributed by atoms with Gasteiger partial charge in [-0.3, -0.25) is 9.78 Å². The van der Waals surface area contributed by atoms with Crippen LogP contribution in [0.2, 0.25) is 0 Å². The Morgan fingerprint density at radius 3 is 2.89 bits per heavy atom. The summed E-state index contributed by atoms with van der Waals surface area (Å²) in [5.74, 6) is -0.328. The second-order valence-corrected chi connectivity index (χ2v) is 4.57. The first-order valence-electron chi connectivity index (χ1n) is 6.05. The van der Waals surface area contributed by atoms with Crippen LogP contribution in [0.4, 0.5) is 0 Å². The molecule has 4 nitrogen and oxygen atoms in total. The average Bonchev–Trinajstić information content (AvgIpc) is 2.89. The minimum Gasteiger partial charge on any atom is -0.388 e. The smallest absolute Gasteiger partial charge is 0.185 e. The van der Waals surface area contributed by atoms with Gasteiger partial charge in [-0.2, -0.15) is 0 Å². The van der Waals surface area contributed by atoms with Crippen molar-refractivity contribution in [2.75, 3.05) is 0 Å². The van der Waals surface area contributed by atoms with Crippen LogP contribution in [0.1, 0.15) is 28.6 Å². The van der Waals surface area contributed by atoms with Crippen LogP contribution in [0, 0.1) is 5.92 Å². The zero-order valence-electron chi connectivity index (χ0n) is 9.86. The van der Waals surface area contributed by atoms with Crippen LogP contribution in [-0.2, 0) is 6.54 Å². The molecule has 0 aromatic carbocycles. The molecule has 1 N–H and O–H groups in total. The van der Waals surface area contributed by atoms with E-state index in [0.717, 1.165) is 12.1 Å². The van der Waals surface area contributed by atoms with Crippen LogP contribution < -0.4 is 0 Å². The molecule has 0 saturated carbocycles. The van der Waals surface area contributed by atoms with Crippen molar-refractivity contribution in [2.45, 2.75) is 19.1 Å². The van der Waals surface area contributed by atoms with E-state index in [4.69, 9.17) is 0 Å². The molecule has 2 aromatic rings. The van der Waals surface area contributed by atoms with Crippen molar-refractivity contribution in [2.24, 2.45) is 5.92 Å². The molecule has 4 heteroatoms. The maximum Gasteiger partial charge on any atom is 0.185 e. The Hall–Kier alpha value is -1.94. The number of carbonyl (C=O) groups is 1. The van der Waals surface area contributed by atoms with Gasteiger partial charge in [0.1, 0.15) is 0 Å². The largest absolute Gasteiger partial charge is 0.388 e. The van der Waals surface area contributed by atoms with E-state index in [0.29, 0.717) is 12.1 Å². The summed E-state index contributed by atoms with van der Waals surface area (Å²) < 4.78 is 1.94. The molecule has 18 heavy (non-hydrogen) atoms. The molecule has 0 spiro atoms. The summed E-state index contributed by atoms with van der Waals surface area (Å²) in [6, 6.07) is 7.19. The number of Topliss-reactive ketones (excluding diaryl/α,β-unsaturated/α-hetero) is 1. The first kappa shape index (κ1) is 11.2. The van der Waals surface area contributed by atoms with E-state index in [2.05, 4.69) is 4.98 Å². The zero-order chi connectivity index (χ0) is 12.5. The lowest BCUT2D eigenvalue weighted by Gasteiger charge is -2.27. The molecule has 0 aliphatic carbocycles. The third kappa shape index (κ3) is 1.75. The highest BCUT2D eigenvalue weighted by molar-refractivity contribution is 5.97. The summed E-state index contributed by atoms with van der Waals surface area (Å²) in [7, 11) is 0. The van der Waals surface area contributed by atoms with Gasteiger partial charge in [0.15, 0.2) is 5.78 Å². The summed E-state index contributed by atoms with van der Waals surface area (Å²) in [6.07, 6.45) is 5.10. The molecule has 2 atom stereocenters. The number of carbonyl (C=O) groups excluding carboxylic acids is 1. The van der Waals surface area contributed by atoms with Crippen molar-refractivity contribution in [3.8, 4) is 0 Å². The number of pyridine rings is 1. The van der Waals surface area contributed by atoms with E-state index in [-0.39, 0.29) is 11.7 Å². The minimum absolute atomic E-state index is 0.0237. The Kier molecular flexibility index (Phi) is 2.72. The summed E-state index contributed by atoms with van der Waals surface area (Å²) in [4.78, 5) is 16.2. The Morgan fingerprint density at radius 1 is 1.33 bits per heavy atom. The quantitative estimate of drug-likeness (QED) is 0.874.